The Bertz CT molecular complexity index is 2390. The highest BCUT2D eigenvalue weighted by Gasteiger charge is 2.23. The number of hydrogen-bond donors (Lipinski definition) is 0. The molecule has 0 saturated carbocycles. The quantitative estimate of drug-likeness (QED) is 0.239. The Morgan fingerprint density at radius 1 is 0.487 bits per heavy atom. The number of pyridine rings is 2. The van der Waals surface area contributed by atoms with Crippen LogP contribution in [0.2, 0.25) is 0 Å². The minimum absolute atomic E-state index is 0.875. The minimum Gasteiger partial charge on any atom is -0.456 e. The largest absolute Gasteiger partial charge is 0.456 e. The van der Waals surface area contributed by atoms with Gasteiger partial charge in [0.05, 0.1) is 22.1 Å². The van der Waals surface area contributed by atoms with E-state index < -0.39 is 0 Å². The third-order valence-electron chi connectivity index (χ3n) is 7.79. The van der Waals surface area contributed by atoms with Crippen molar-refractivity contribution in [2.45, 2.75) is 0 Å². The number of fused-ring (bicyclic) bond motifs is 10. The SMILES string of the molecule is c1ccc(-n2c3ccccc3c3cnc4c5ncccc5n(-c5ccc6oc7ccccc7c6c5)c4c32)cc1. The number of aromatic nitrogens is 4. The molecule has 0 spiro atoms. The molecule has 39 heavy (non-hydrogen) atoms. The maximum Gasteiger partial charge on any atom is 0.135 e. The van der Waals surface area contributed by atoms with E-state index in [4.69, 9.17) is 14.4 Å². The Hall–Kier alpha value is -5.42. The third kappa shape index (κ3) is 2.73. The van der Waals surface area contributed by atoms with E-state index in [1.54, 1.807) is 0 Å². The molecule has 5 heterocycles. The van der Waals surface area contributed by atoms with Crippen LogP contribution in [0.25, 0.3) is 77.2 Å². The van der Waals surface area contributed by atoms with Crippen molar-refractivity contribution in [2.75, 3.05) is 0 Å². The summed E-state index contributed by atoms with van der Waals surface area (Å²) in [7, 11) is 0. The molecule has 0 aliphatic rings. The summed E-state index contributed by atoms with van der Waals surface area (Å²) in [5, 5.41) is 4.48. The Morgan fingerprint density at radius 3 is 2.15 bits per heavy atom. The van der Waals surface area contributed by atoms with Gasteiger partial charge in [-0.25, -0.2) is 0 Å². The van der Waals surface area contributed by atoms with Crippen molar-refractivity contribution in [2.24, 2.45) is 0 Å². The first-order chi connectivity index (χ1) is 19.4. The van der Waals surface area contributed by atoms with Crippen molar-refractivity contribution in [1.29, 1.82) is 0 Å². The lowest BCUT2D eigenvalue weighted by Crippen LogP contribution is -1.99. The van der Waals surface area contributed by atoms with Gasteiger partial charge in [-0.1, -0.05) is 54.6 Å². The highest BCUT2D eigenvalue weighted by molar-refractivity contribution is 6.21. The van der Waals surface area contributed by atoms with Gasteiger partial charge < -0.3 is 13.6 Å². The molecule has 0 N–H and O–H groups in total. The van der Waals surface area contributed by atoms with Gasteiger partial charge in [0.1, 0.15) is 22.2 Å². The standard InChI is InChI=1S/C34H20N4O/c1-2-9-21(10-3-1)37-27-13-6-4-11-23(27)26-20-36-32-31-28(14-8-18-35-31)38(34(32)33(26)37)22-16-17-30-25(19-22)24-12-5-7-15-29(24)39-30/h1-20H. The van der Waals surface area contributed by atoms with E-state index in [2.05, 4.69) is 100 Å². The zero-order valence-corrected chi connectivity index (χ0v) is 20.7. The maximum atomic E-state index is 6.15. The van der Waals surface area contributed by atoms with Gasteiger partial charge in [-0.15, -0.1) is 0 Å². The van der Waals surface area contributed by atoms with Crippen molar-refractivity contribution < 1.29 is 4.42 Å². The predicted molar refractivity (Wildman–Crippen MR) is 158 cm³/mol. The second-order valence-corrected chi connectivity index (χ2v) is 9.89. The molecular weight excluding hydrogens is 480 g/mol. The van der Waals surface area contributed by atoms with Gasteiger partial charge in [0, 0.05) is 45.3 Å². The van der Waals surface area contributed by atoms with Crippen LogP contribution in [-0.2, 0) is 0 Å². The van der Waals surface area contributed by atoms with Crippen LogP contribution in [0.1, 0.15) is 0 Å². The lowest BCUT2D eigenvalue weighted by molar-refractivity contribution is 0.669. The number of hydrogen-bond acceptors (Lipinski definition) is 3. The Balaban J connectivity index is 1.51. The van der Waals surface area contributed by atoms with Crippen molar-refractivity contribution in [3.8, 4) is 11.4 Å². The molecule has 5 heteroatoms. The van der Waals surface area contributed by atoms with Crippen molar-refractivity contribution >= 4 is 65.8 Å². The van der Waals surface area contributed by atoms with E-state index in [1.807, 2.05) is 30.6 Å². The number of benzene rings is 4. The van der Waals surface area contributed by atoms with Crippen LogP contribution >= 0.6 is 0 Å². The summed E-state index contributed by atoms with van der Waals surface area (Å²) in [5.74, 6) is 0. The lowest BCUT2D eigenvalue weighted by Gasteiger charge is -2.12. The second kappa shape index (κ2) is 7.55. The number of rotatable bonds is 2. The molecule has 0 aliphatic heterocycles. The highest BCUT2D eigenvalue weighted by atomic mass is 16.3. The molecule has 182 valence electrons. The Kier molecular flexibility index (Phi) is 3.99. The highest BCUT2D eigenvalue weighted by Crippen LogP contribution is 2.40. The molecule has 0 radical (unpaired) electrons. The number of furan rings is 1. The summed E-state index contributed by atoms with van der Waals surface area (Å²) in [6, 6.07) is 37.8. The smallest absolute Gasteiger partial charge is 0.135 e. The van der Waals surface area contributed by atoms with Gasteiger partial charge in [-0.2, -0.15) is 0 Å². The lowest BCUT2D eigenvalue weighted by atomic mass is 10.1. The van der Waals surface area contributed by atoms with E-state index in [1.165, 1.54) is 5.39 Å². The molecule has 0 aliphatic carbocycles. The Morgan fingerprint density at radius 2 is 1.23 bits per heavy atom. The summed E-state index contributed by atoms with van der Waals surface area (Å²) in [5.41, 5.74) is 10.0. The first-order valence-electron chi connectivity index (χ1n) is 13.0. The van der Waals surface area contributed by atoms with Crippen LogP contribution in [0, 0.1) is 0 Å². The summed E-state index contributed by atoms with van der Waals surface area (Å²) in [6.45, 7) is 0. The van der Waals surface area contributed by atoms with Crippen LogP contribution in [0.3, 0.4) is 0 Å². The van der Waals surface area contributed by atoms with Crippen LogP contribution in [0.4, 0.5) is 0 Å². The first kappa shape index (κ1) is 20.6. The maximum absolute atomic E-state index is 6.15. The van der Waals surface area contributed by atoms with Gasteiger partial charge in [0.25, 0.3) is 0 Å². The molecule has 0 saturated heterocycles. The van der Waals surface area contributed by atoms with E-state index in [-0.39, 0.29) is 0 Å². The van der Waals surface area contributed by atoms with Crippen LogP contribution < -0.4 is 0 Å². The molecule has 9 rings (SSSR count). The summed E-state index contributed by atoms with van der Waals surface area (Å²) in [6.07, 6.45) is 3.85. The van der Waals surface area contributed by atoms with Gasteiger partial charge in [-0.3, -0.25) is 9.97 Å². The fourth-order valence-corrected chi connectivity index (χ4v) is 6.16. The zero-order valence-electron chi connectivity index (χ0n) is 20.7. The summed E-state index contributed by atoms with van der Waals surface area (Å²) < 4.78 is 10.8. The van der Waals surface area contributed by atoms with Gasteiger partial charge in [0.15, 0.2) is 0 Å². The molecule has 4 aromatic carbocycles. The molecule has 5 nitrogen and oxygen atoms in total. The van der Waals surface area contributed by atoms with E-state index in [9.17, 15) is 0 Å². The topological polar surface area (TPSA) is 48.8 Å². The average molecular weight is 501 g/mol. The molecule has 0 bridgehead atoms. The van der Waals surface area contributed by atoms with E-state index in [0.717, 1.165) is 71.8 Å². The fraction of sp³-hybridized carbons (Fsp3) is 0. The molecule has 5 aromatic heterocycles. The molecule has 0 amide bonds. The molecule has 0 fully saturated rings. The number of nitrogens with zero attached hydrogens (tertiary/aromatic N) is 4. The average Bonchev–Trinajstić information content (AvgIpc) is 3.65. The van der Waals surface area contributed by atoms with Crippen LogP contribution in [-0.4, -0.2) is 19.1 Å². The summed E-state index contributed by atoms with van der Waals surface area (Å²) >= 11 is 0. The molecule has 0 atom stereocenters. The fourth-order valence-electron chi connectivity index (χ4n) is 6.16. The molecule has 9 aromatic rings. The minimum atomic E-state index is 0.875. The van der Waals surface area contributed by atoms with Gasteiger partial charge >= 0.3 is 0 Å². The van der Waals surface area contributed by atoms with Gasteiger partial charge in [0.2, 0.25) is 0 Å². The van der Waals surface area contributed by atoms with Crippen LogP contribution in [0.5, 0.6) is 0 Å². The normalized spacial score (nSPS) is 12.1. The number of para-hydroxylation sites is 3. The third-order valence-corrected chi connectivity index (χ3v) is 7.79. The Labute approximate surface area is 222 Å². The van der Waals surface area contributed by atoms with E-state index >= 15 is 0 Å². The zero-order chi connectivity index (χ0) is 25.5. The summed E-state index contributed by atoms with van der Waals surface area (Å²) in [4.78, 5) is 9.84. The van der Waals surface area contributed by atoms with Crippen molar-refractivity contribution in [3.05, 3.63) is 122 Å². The molecule has 0 unspecified atom stereocenters. The predicted octanol–water partition coefficient (Wildman–Crippen LogP) is 8.57. The van der Waals surface area contributed by atoms with Crippen molar-refractivity contribution in [3.63, 3.8) is 0 Å². The van der Waals surface area contributed by atoms with Crippen molar-refractivity contribution in [1.82, 2.24) is 19.1 Å². The van der Waals surface area contributed by atoms with Gasteiger partial charge in [-0.05, 0) is 54.6 Å². The second-order valence-electron chi connectivity index (χ2n) is 9.89. The monoisotopic (exact) mass is 500 g/mol. The first-order valence-corrected chi connectivity index (χ1v) is 13.0. The molecular formula is C34H20N4O. The van der Waals surface area contributed by atoms with Crippen LogP contribution in [0.15, 0.2) is 126 Å². The van der Waals surface area contributed by atoms with E-state index in [0.29, 0.717) is 0 Å².